The van der Waals surface area contributed by atoms with Crippen molar-refractivity contribution in [3.8, 4) is 0 Å². The van der Waals surface area contributed by atoms with Crippen LogP contribution in [0.3, 0.4) is 0 Å². The number of aromatic nitrogens is 4. The van der Waals surface area contributed by atoms with Crippen LogP contribution in [0.1, 0.15) is 22.6 Å². The fraction of sp³-hybridized carbons (Fsp3) is 0.481. The van der Waals surface area contributed by atoms with Crippen molar-refractivity contribution in [3.05, 3.63) is 65.4 Å². The number of nitrogens with one attached hydrogen (secondary N) is 1. The maximum absolute atomic E-state index is 13.0. The van der Waals surface area contributed by atoms with E-state index >= 15 is 0 Å². The van der Waals surface area contributed by atoms with Gasteiger partial charge in [-0.05, 0) is 31.7 Å². The third-order valence-corrected chi connectivity index (χ3v) is 6.82. The Morgan fingerprint density at radius 2 is 1.81 bits per heavy atom. The summed E-state index contributed by atoms with van der Waals surface area (Å²) in [5, 5.41) is 7.52. The minimum absolute atomic E-state index is 0.00129. The van der Waals surface area contributed by atoms with E-state index in [-0.39, 0.29) is 5.91 Å². The highest BCUT2D eigenvalue weighted by molar-refractivity contribution is 5.93. The number of carbonyl (C=O) groups is 1. The molecule has 1 aliphatic heterocycles. The molecule has 192 valence electrons. The second-order valence-electron chi connectivity index (χ2n) is 10.0. The van der Waals surface area contributed by atoms with Gasteiger partial charge < -0.3 is 10.2 Å². The van der Waals surface area contributed by atoms with Crippen LogP contribution in [0, 0.1) is 19.8 Å². The van der Waals surface area contributed by atoms with E-state index < -0.39 is 0 Å². The van der Waals surface area contributed by atoms with Crippen LogP contribution in [-0.4, -0.2) is 82.3 Å². The Hall–Kier alpha value is -3.30. The summed E-state index contributed by atoms with van der Waals surface area (Å²) in [7, 11) is 5.88. The number of aryl methyl sites for hydroxylation is 2. The zero-order chi connectivity index (χ0) is 25.7. The Morgan fingerprint density at radius 3 is 2.50 bits per heavy atom. The molecule has 1 unspecified atom stereocenters. The van der Waals surface area contributed by atoms with Gasteiger partial charge in [0.1, 0.15) is 12.1 Å². The van der Waals surface area contributed by atoms with Gasteiger partial charge in [-0.1, -0.05) is 30.3 Å². The quantitative estimate of drug-likeness (QED) is 0.520. The number of anilines is 2. The number of amides is 1. The largest absolute Gasteiger partial charge is 0.363 e. The van der Waals surface area contributed by atoms with Crippen molar-refractivity contribution in [2.45, 2.75) is 26.8 Å². The average molecular weight is 491 g/mol. The van der Waals surface area contributed by atoms with Gasteiger partial charge in [-0.2, -0.15) is 5.10 Å². The molecule has 1 N–H and O–H groups in total. The van der Waals surface area contributed by atoms with Crippen LogP contribution in [0.25, 0.3) is 0 Å². The highest BCUT2D eigenvalue weighted by Crippen LogP contribution is 2.20. The molecule has 1 saturated heterocycles. The molecule has 1 atom stereocenters. The fourth-order valence-electron chi connectivity index (χ4n) is 4.89. The summed E-state index contributed by atoms with van der Waals surface area (Å²) in [6.07, 6.45) is 2.49. The number of rotatable bonds is 8. The van der Waals surface area contributed by atoms with Gasteiger partial charge in [0.2, 0.25) is 5.91 Å². The van der Waals surface area contributed by atoms with Gasteiger partial charge in [-0.25, -0.2) is 9.97 Å². The molecule has 1 aromatic carbocycles. The molecule has 1 fully saturated rings. The van der Waals surface area contributed by atoms with Gasteiger partial charge in [0, 0.05) is 65.6 Å². The highest BCUT2D eigenvalue weighted by atomic mass is 16.2. The highest BCUT2D eigenvalue weighted by Gasteiger charge is 2.25. The monoisotopic (exact) mass is 490 g/mol. The third kappa shape index (κ3) is 6.67. The molecular weight excluding hydrogens is 452 g/mol. The lowest BCUT2D eigenvalue weighted by Gasteiger charge is -2.24. The van der Waals surface area contributed by atoms with Crippen molar-refractivity contribution < 1.29 is 4.79 Å². The second-order valence-corrected chi connectivity index (χ2v) is 10.0. The van der Waals surface area contributed by atoms with Gasteiger partial charge in [0.25, 0.3) is 0 Å². The summed E-state index contributed by atoms with van der Waals surface area (Å²) in [5.74, 6) is 1.25. The van der Waals surface area contributed by atoms with Crippen LogP contribution in [0.4, 0.5) is 11.5 Å². The van der Waals surface area contributed by atoms with E-state index in [2.05, 4.69) is 66.6 Å². The molecule has 3 heterocycles. The topological polar surface area (TPSA) is 82.4 Å². The molecule has 0 aliphatic carbocycles. The number of nitrogens with zero attached hydrogens (tertiary/aromatic N) is 7. The number of hydrogen-bond acceptors (Lipinski definition) is 7. The third-order valence-electron chi connectivity index (χ3n) is 6.82. The Labute approximate surface area is 214 Å². The number of carbonyl (C=O) groups excluding carboxylic acids is 1. The molecule has 2 aromatic heterocycles. The number of benzene rings is 1. The molecule has 0 saturated carbocycles. The smallest absolute Gasteiger partial charge is 0.238 e. The van der Waals surface area contributed by atoms with E-state index in [4.69, 9.17) is 0 Å². The molecule has 3 aromatic rings. The van der Waals surface area contributed by atoms with Crippen LogP contribution in [0.15, 0.2) is 42.7 Å². The first-order valence-electron chi connectivity index (χ1n) is 12.6. The van der Waals surface area contributed by atoms with Crippen molar-refractivity contribution >= 4 is 17.4 Å². The molecule has 0 bridgehead atoms. The summed E-state index contributed by atoms with van der Waals surface area (Å²) in [6, 6.07) is 12.7. The predicted octanol–water partition coefficient (Wildman–Crippen LogP) is 2.51. The zero-order valence-electron chi connectivity index (χ0n) is 22.1. The Morgan fingerprint density at radius 1 is 1.08 bits per heavy atom. The van der Waals surface area contributed by atoms with E-state index in [1.54, 1.807) is 11.0 Å². The van der Waals surface area contributed by atoms with Crippen LogP contribution in [0.5, 0.6) is 0 Å². The van der Waals surface area contributed by atoms with Crippen molar-refractivity contribution in [2.24, 2.45) is 13.0 Å². The second kappa shape index (κ2) is 11.6. The van der Waals surface area contributed by atoms with E-state index in [1.165, 1.54) is 5.56 Å². The van der Waals surface area contributed by atoms with E-state index in [1.807, 2.05) is 39.9 Å². The van der Waals surface area contributed by atoms with Gasteiger partial charge in [0.15, 0.2) is 0 Å². The molecule has 1 amide bonds. The Bertz CT molecular complexity index is 1160. The molecule has 9 heteroatoms. The maximum atomic E-state index is 13.0. The first kappa shape index (κ1) is 25.8. The standard InChI is InChI=1S/C27H38N8O/c1-20-27(21(2)33(5)31-20)30-26(36)18-35-12-11-34(15-22-9-7-6-8-10-22)16-23(17-35)13-24-14-25(32(3)4)29-19-28-24/h6-10,14,19,23H,11-13,15-18H2,1-5H3,(H,30,36). The molecule has 36 heavy (non-hydrogen) atoms. The van der Waals surface area contributed by atoms with Crippen LogP contribution < -0.4 is 10.2 Å². The lowest BCUT2D eigenvalue weighted by Crippen LogP contribution is -2.37. The zero-order valence-corrected chi connectivity index (χ0v) is 22.1. The van der Waals surface area contributed by atoms with E-state index in [9.17, 15) is 4.79 Å². The maximum Gasteiger partial charge on any atom is 0.238 e. The first-order chi connectivity index (χ1) is 17.3. The summed E-state index contributed by atoms with van der Waals surface area (Å²) in [6.45, 7) is 8.71. The summed E-state index contributed by atoms with van der Waals surface area (Å²) >= 11 is 0. The van der Waals surface area contributed by atoms with Crippen molar-refractivity contribution in [1.29, 1.82) is 0 Å². The molecule has 0 spiro atoms. The SMILES string of the molecule is Cc1nn(C)c(C)c1NC(=O)CN1CCN(Cc2ccccc2)CC(Cc2cc(N(C)C)ncn2)C1. The van der Waals surface area contributed by atoms with Crippen molar-refractivity contribution in [3.63, 3.8) is 0 Å². The van der Waals surface area contributed by atoms with Crippen LogP contribution >= 0.6 is 0 Å². The minimum atomic E-state index is 0.00129. The minimum Gasteiger partial charge on any atom is -0.363 e. The summed E-state index contributed by atoms with van der Waals surface area (Å²) in [4.78, 5) is 28.7. The molecule has 4 rings (SSSR count). The normalized spacial score (nSPS) is 17.1. The van der Waals surface area contributed by atoms with Gasteiger partial charge >= 0.3 is 0 Å². The van der Waals surface area contributed by atoms with Gasteiger partial charge in [-0.15, -0.1) is 0 Å². The summed E-state index contributed by atoms with van der Waals surface area (Å²) < 4.78 is 1.80. The van der Waals surface area contributed by atoms with Crippen LogP contribution in [-0.2, 0) is 24.8 Å². The average Bonchev–Trinajstić information content (AvgIpc) is 2.98. The Balaban J connectivity index is 1.47. The molecular formula is C27H38N8O. The predicted molar refractivity (Wildman–Crippen MR) is 143 cm³/mol. The lowest BCUT2D eigenvalue weighted by molar-refractivity contribution is -0.117. The van der Waals surface area contributed by atoms with Crippen LogP contribution in [0.2, 0.25) is 0 Å². The van der Waals surface area contributed by atoms with Gasteiger partial charge in [0.05, 0.1) is 23.6 Å². The Kier molecular flexibility index (Phi) is 8.32. The molecule has 9 nitrogen and oxygen atoms in total. The lowest BCUT2D eigenvalue weighted by atomic mass is 10.0. The number of hydrogen-bond donors (Lipinski definition) is 1. The first-order valence-corrected chi connectivity index (χ1v) is 12.6. The van der Waals surface area contributed by atoms with E-state index in [0.29, 0.717) is 12.5 Å². The fourth-order valence-corrected chi connectivity index (χ4v) is 4.89. The molecule has 1 aliphatic rings. The molecule has 0 radical (unpaired) electrons. The summed E-state index contributed by atoms with van der Waals surface area (Å²) in [5.41, 5.74) is 4.96. The van der Waals surface area contributed by atoms with Crippen molar-refractivity contribution in [2.75, 3.05) is 57.0 Å². The van der Waals surface area contributed by atoms with Gasteiger partial charge in [-0.3, -0.25) is 19.3 Å². The van der Waals surface area contributed by atoms with E-state index in [0.717, 1.165) is 67.7 Å². The van der Waals surface area contributed by atoms with Crippen molar-refractivity contribution in [1.82, 2.24) is 29.5 Å².